The van der Waals surface area contributed by atoms with Crippen LogP contribution in [0.5, 0.6) is 5.75 Å². The number of benzene rings is 2. The molecular formula is C24H20N2O5S. The van der Waals surface area contributed by atoms with Gasteiger partial charge < -0.3 is 14.3 Å². The van der Waals surface area contributed by atoms with E-state index in [0.29, 0.717) is 28.1 Å². The summed E-state index contributed by atoms with van der Waals surface area (Å²) in [7, 11) is 1.60. The van der Waals surface area contributed by atoms with Gasteiger partial charge in [0.25, 0.3) is 5.91 Å². The number of methoxy groups -OCH3 is 1. The second-order valence-electron chi connectivity index (χ2n) is 6.84. The molecule has 0 unspecified atom stereocenters. The van der Waals surface area contributed by atoms with Crippen LogP contribution in [0.2, 0.25) is 0 Å². The number of aliphatic imine (C=N–C) groups is 1. The van der Waals surface area contributed by atoms with Crippen molar-refractivity contribution in [2.45, 2.75) is 6.92 Å². The number of amides is 1. The number of rotatable bonds is 6. The van der Waals surface area contributed by atoms with Crippen LogP contribution in [-0.2, 0) is 4.79 Å². The molecule has 1 amide bonds. The third-order valence-electron chi connectivity index (χ3n) is 4.82. The topological polar surface area (TPSA) is 92.3 Å². The molecule has 32 heavy (non-hydrogen) atoms. The van der Waals surface area contributed by atoms with Gasteiger partial charge in [-0.2, -0.15) is 0 Å². The van der Waals surface area contributed by atoms with E-state index in [9.17, 15) is 9.59 Å². The fourth-order valence-corrected chi connectivity index (χ4v) is 4.17. The monoisotopic (exact) mass is 448 g/mol. The fraction of sp³-hybridized carbons (Fsp3) is 0.125. The normalized spacial score (nSPS) is 16.2. The molecule has 0 aliphatic carbocycles. The molecule has 0 saturated carbocycles. The number of carbonyl (C=O) groups excluding carboxylic acids is 1. The number of carbonyl (C=O) groups is 2. The summed E-state index contributed by atoms with van der Waals surface area (Å²) in [6.07, 6.45) is 1.70. The summed E-state index contributed by atoms with van der Waals surface area (Å²) in [6, 6.07) is 17.3. The average Bonchev–Trinajstić information content (AvgIpc) is 3.39. The highest BCUT2D eigenvalue weighted by atomic mass is 32.2. The van der Waals surface area contributed by atoms with Crippen LogP contribution in [0.25, 0.3) is 17.4 Å². The Hall–Kier alpha value is -3.78. The Balaban J connectivity index is 1.57. The van der Waals surface area contributed by atoms with Crippen LogP contribution >= 0.6 is 11.8 Å². The van der Waals surface area contributed by atoms with E-state index in [1.165, 1.54) is 23.9 Å². The molecule has 4 rings (SSSR count). The van der Waals surface area contributed by atoms with Crippen LogP contribution in [-0.4, -0.2) is 40.7 Å². The molecule has 1 aromatic heterocycles. The number of nitrogens with zero attached hydrogens (tertiary/aromatic N) is 2. The van der Waals surface area contributed by atoms with Crippen molar-refractivity contribution >= 4 is 40.6 Å². The quantitative estimate of drug-likeness (QED) is 0.516. The molecule has 1 aliphatic heterocycles. The minimum atomic E-state index is -0.981. The van der Waals surface area contributed by atoms with E-state index in [-0.39, 0.29) is 11.5 Å². The zero-order valence-corrected chi connectivity index (χ0v) is 18.3. The van der Waals surface area contributed by atoms with Crippen molar-refractivity contribution in [1.82, 2.24) is 4.90 Å². The zero-order chi connectivity index (χ0) is 22.7. The van der Waals surface area contributed by atoms with Gasteiger partial charge in [-0.05, 0) is 67.2 Å². The average molecular weight is 449 g/mol. The van der Waals surface area contributed by atoms with Gasteiger partial charge in [0.2, 0.25) is 0 Å². The Bertz CT molecular complexity index is 1210. The summed E-state index contributed by atoms with van der Waals surface area (Å²) < 4.78 is 11.0. The van der Waals surface area contributed by atoms with E-state index in [0.717, 1.165) is 17.0 Å². The summed E-state index contributed by atoms with van der Waals surface area (Å²) in [5.74, 6) is 0.742. The number of carboxylic acid groups (broad SMARTS) is 1. The van der Waals surface area contributed by atoms with Crippen molar-refractivity contribution in [3.8, 4) is 17.1 Å². The van der Waals surface area contributed by atoms with Crippen LogP contribution in [0, 0.1) is 0 Å². The first-order chi connectivity index (χ1) is 15.5. The van der Waals surface area contributed by atoms with Crippen LogP contribution in [0.4, 0.5) is 5.69 Å². The molecule has 1 N–H and O–H groups in total. The highest BCUT2D eigenvalue weighted by Crippen LogP contribution is 2.35. The number of hydrogen-bond acceptors (Lipinski definition) is 6. The third-order valence-corrected chi connectivity index (χ3v) is 5.82. The van der Waals surface area contributed by atoms with Crippen molar-refractivity contribution in [3.63, 3.8) is 0 Å². The number of thioether (sulfide) groups is 1. The molecule has 8 heteroatoms. The lowest BCUT2D eigenvalue weighted by Gasteiger charge is -2.12. The van der Waals surface area contributed by atoms with E-state index in [4.69, 9.17) is 14.3 Å². The molecule has 3 aromatic rings. The van der Waals surface area contributed by atoms with Gasteiger partial charge in [0, 0.05) is 18.2 Å². The van der Waals surface area contributed by atoms with Gasteiger partial charge in [0.05, 0.1) is 23.3 Å². The van der Waals surface area contributed by atoms with Gasteiger partial charge in [-0.3, -0.25) is 9.69 Å². The predicted octanol–water partition coefficient (Wildman–Crippen LogP) is 5.28. The SMILES string of the molecule is CCN1C(=O)/C(=C\c2ccc(-c3ccc(C(=O)O)cc3)o2)SC1=Nc1ccc(OC)cc1. The molecule has 1 fully saturated rings. The summed E-state index contributed by atoms with van der Waals surface area (Å²) in [6.45, 7) is 2.40. The first-order valence-corrected chi connectivity index (χ1v) is 10.7. The number of ether oxygens (including phenoxy) is 1. The Kier molecular flexibility index (Phi) is 6.13. The zero-order valence-electron chi connectivity index (χ0n) is 17.4. The molecule has 0 bridgehead atoms. The van der Waals surface area contributed by atoms with E-state index in [1.54, 1.807) is 42.4 Å². The third kappa shape index (κ3) is 4.45. The standard InChI is InChI=1S/C24H20N2O5S/c1-3-26-22(27)21(32-24(26)25-17-8-10-18(30-2)11-9-17)14-19-12-13-20(31-19)15-4-6-16(7-5-15)23(28)29/h4-14H,3H2,1-2H3,(H,28,29)/b21-14+,25-24?. The molecule has 1 saturated heterocycles. The molecule has 0 spiro atoms. The number of hydrogen-bond donors (Lipinski definition) is 1. The number of likely N-dealkylation sites (N-methyl/N-ethyl adjacent to an activating group) is 1. The van der Waals surface area contributed by atoms with Crippen molar-refractivity contribution in [1.29, 1.82) is 0 Å². The smallest absolute Gasteiger partial charge is 0.335 e. The summed E-state index contributed by atoms with van der Waals surface area (Å²) in [5.41, 5.74) is 1.69. The van der Waals surface area contributed by atoms with Gasteiger partial charge in [0.15, 0.2) is 5.17 Å². The van der Waals surface area contributed by atoms with Crippen LogP contribution in [0.1, 0.15) is 23.0 Å². The first-order valence-electron chi connectivity index (χ1n) is 9.86. The van der Waals surface area contributed by atoms with E-state index < -0.39 is 5.97 Å². The lowest BCUT2D eigenvalue weighted by Crippen LogP contribution is -2.28. The highest BCUT2D eigenvalue weighted by molar-refractivity contribution is 8.18. The number of carboxylic acids is 1. The Morgan fingerprint density at radius 1 is 1.12 bits per heavy atom. The lowest BCUT2D eigenvalue weighted by molar-refractivity contribution is -0.122. The van der Waals surface area contributed by atoms with Crippen LogP contribution in [0.3, 0.4) is 0 Å². The van der Waals surface area contributed by atoms with Crippen molar-refractivity contribution < 1.29 is 23.8 Å². The fourth-order valence-electron chi connectivity index (χ4n) is 3.13. The molecule has 0 atom stereocenters. The molecule has 7 nitrogen and oxygen atoms in total. The van der Waals surface area contributed by atoms with Gasteiger partial charge in [0.1, 0.15) is 17.3 Å². The summed E-state index contributed by atoms with van der Waals surface area (Å²) in [5, 5.41) is 9.63. The Labute approximate surface area is 189 Å². The maximum absolute atomic E-state index is 12.9. The minimum absolute atomic E-state index is 0.131. The first kappa shape index (κ1) is 21.5. The molecule has 2 heterocycles. The highest BCUT2D eigenvalue weighted by Gasteiger charge is 2.32. The van der Waals surface area contributed by atoms with E-state index >= 15 is 0 Å². The molecular weight excluding hydrogens is 428 g/mol. The minimum Gasteiger partial charge on any atom is -0.497 e. The second kappa shape index (κ2) is 9.15. The molecule has 2 aromatic carbocycles. The molecule has 1 aliphatic rings. The Morgan fingerprint density at radius 3 is 2.47 bits per heavy atom. The second-order valence-corrected chi connectivity index (χ2v) is 7.85. The summed E-state index contributed by atoms with van der Waals surface area (Å²) >= 11 is 1.29. The van der Waals surface area contributed by atoms with Gasteiger partial charge in [-0.15, -0.1) is 0 Å². The van der Waals surface area contributed by atoms with E-state index in [2.05, 4.69) is 4.99 Å². The van der Waals surface area contributed by atoms with Gasteiger partial charge in [-0.25, -0.2) is 9.79 Å². The van der Waals surface area contributed by atoms with Crippen molar-refractivity contribution in [2.75, 3.05) is 13.7 Å². The van der Waals surface area contributed by atoms with Crippen LogP contribution < -0.4 is 4.74 Å². The number of furan rings is 1. The van der Waals surface area contributed by atoms with Crippen LogP contribution in [0.15, 0.2) is 75.0 Å². The molecule has 0 radical (unpaired) electrons. The van der Waals surface area contributed by atoms with E-state index in [1.807, 2.05) is 31.2 Å². The maximum atomic E-state index is 12.9. The van der Waals surface area contributed by atoms with Crippen molar-refractivity contribution in [3.05, 3.63) is 76.9 Å². The predicted molar refractivity (Wildman–Crippen MR) is 124 cm³/mol. The summed E-state index contributed by atoms with van der Waals surface area (Å²) in [4.78, 5) is 30.6. The number of aromatic carboxylic acids is 1. The van der Waals surface area contributed by atoms with Crippen molar-refractivity contribution in [2.24, 2.45) is 4.99 Å². The van der Waals surface area contributed by atoms with Gasteiger partial charge >= 0.3 is 5.97 Å². The van der Waals surface area contributed by atoms with Gasteiger partial charge in [-0.1, -0.05) is 12.1 Å². The number of amidine groups is 1. The molecule has 162 valence electrons. The largest absolute Gasteiger partial charge is 0.497 e. The Morgan fingerprint density at radius 2 is 1.84 bits per heavy atom. The lowest BCUT2D eigenvalue weighted by atomic mass is 10.1. The maximum Gasteiger partial charge on any atom is 0.335 e.